The van der Waals surface area contributed by atoms with Crippen LogP contribution in [-0.2, 0) is 14.9 Å². The molecule has 0 unspecified atom stereocenters. The van der Waals surface area contributed by atoms with Crippen LogP contribution >= 0.6 is 0 Å². The van der Waals surface area contributed by atoms with Gasteiger partial charge in [0, 0.05) is 16.5 Å². The molecule has 148 valence electrons. The number of benzene rings is 2. The molecule has 0 aliphatic carbocycles. The molecule has 0 fully saturated rings. The lowest BCUT2D eigenvalue weighted by Gasteiger charge is -2.27. The van der Waals surface area contributed by atoms with Crippen LogP contribution in [0.5, 0.6) is 0 Å². The van der Waals surface area contributed by atoms with Crippen LogP contribution in [0.15, 0.2) is 64.3 Å². The molecule has 28 heavy (non-hydrogen) atoms. The molecular weight excluding hydrogens is 380 g/mol. The second-order valence-electron chi connectivity index (χ2n) is 7.18. The van der Waals surface area contributed by atoms with Gasteiger partial charge >= 0.3 is 0 Å². The lowest BCUT2D eigenvalue weighted by Crippen LogP contribution is -2.37. The van der Waals surface area contributed by atoms with Crippen molar-refractivity contribution < 1.29 is 18.4 Å². The predicted molar refractivity (Wildman–Crippen MR) is 108 cm³/mol. The molecule has 2 N–H and O–H groups in total. The summed E-state index contributed by atoms with van der Waals surface area (Å²) in [6, 6.07) is 14.4. The molecule has 3 rings (SSSR count). The van der Waals surface area contributed by atoms with Gasteiger partial charge in [-0.2, -0.15) is 8.42 Å². The Kier molecular flexibility index (Phi) is 5.29. The summed E-state index contributed by atoms with van der Waals surface area (Å²) in [6.07, 6.45) is 0. The van der Waals surface area contributed by atoms with Gasteiger partial charge in [-0.05, 0) is 57.2 Å². The molecule has 0 atom stereocenters. The number of sulfonamides is 1. The topological polar surface area (TPSA) is 99.7 Å². The number of pyridine rings is 1. The lowest BCUT2D eigenvalue weighted by atomic mass is 10.1. The lowest BCUT2D eigenvalue weighted by molar-refractivity contribution is -0.0161. The Balaban J connectivity index is 2.12. The van der Waals surface area contributed by atoms with Crippen LogP contribution in [0.1, 0.15) is 19.4 Å². The highest BCUT2D eigenvalue weighted by molar-refractivity contribution is 7.92. The molecule has 2 aromatic carbocycles. The minimum Gasteiger partial charge on any atom is -0.388 e. The Morgan fingerprint density at radius 2 is 1.79 bits per heavy atom. The van der Waals surface area contributed by atoms with Crippen LogP contribution < -0.4 is 10.0 Å². The third-order valence-corrected chi connectivity index (χ3v) is 5.64. The minimum atomic E-state index is -4.04. The maximum atomic E-state index is 13.2. The number of rotatable bonds is 6. The standard InChI is InChI=1S/C20H22N2O5S/c1-14-11-15-12-16(9-10-18(15)21-19(14)23)22(27-13-20(2,3)24)28(25,26)17-7-5-4-6-8-17/h4-12,24H,13H2,1-3H3,(H,21,23). The zero-order valence-electron chi connectivity index (χ0n) is 15.8. The number of aromatic nitrogens is 1. The average Bonchev–Trinajstić information content (AvgIpc) is 2.62. The van der Waals surface area contributed by atoms with E-state index in [1.54, 1.807) is 49.4 Å². The molecule has 1 heterocycles. The van der Waals surface area contributed by atoms with Crippen molar-refractivity contribution >= 4 is 26.6 Å². The Bertz CT molecular complexity index is 1150. The molecule has 0 spiro atoms. The smallest absolute Gasteiger partial charge is 0.286 e. The second-order valence-corrected chi connectivity index (χ2v) is 8.94. The van der Waals surface area contributed by atoms with E-state index in [9.17, 15) is 18.3 Å². The fourth-order valence-electron chi connectivity index (χ4n) is 2.60. The van der Waals surface area contributed by atoms with Crippen LogP contribution in [0.2, 0.25) is 0 Å². The third-order valence-electron chi connectivity index (χ3n) is 4.02. The first-order valence-corrected chi connectivity index (χ1v) is 10.1. The van der Waals surface area contributed by atoms with Gasteiger partial charge in [0.15, 0.2) is 0 Å². The molecule has 3 aromatic rings. The molecule has 0 saturated heterocycles. The van der Waals surface area contributed by atoms with Crippen molar-refractivity contribution in [3.05, 3.63) is 70.5 Å². The summed E-state index contributed by atoms with van der Waals surface area (Å²) in [5.74, 6) is 0. The second kappa shape index (κ2) is 7.38. The Labute approximate surface area is 163 Å². The number of nitrogens with one attached hydrogen (secondary N) is 1. The van der Waals surface area contributed by atoms with Crippen LogP contribution in [0.25, 0.3) is 10.9 Å². The van der Waals surface area contributed by atoms with E-state index in [0.29, 0.717) is 16.5 Å². The fraction of sp³-hybridized carbons (Fsp3) is 0.250. The first-order valence-electron chi connectivity index (χ1n) is 8.67. The summed E-state index contributed by atoms with van der Waals surface area (Å²) in [5, 5.41) is 10.7. The van der Waals surface area contributed by atoms with Gasteiger partial charge in [0.2, 0.25) is 0 Å². The van der Waals surface area contributed by atoms with Gasteiger partial charge in [-0.3, -0.25) is 9.63 Å². The van der Waals surface area contributed by atoms with Crippen LogP contribution in [0, 0.1) is 6.92 Å². The number of H-pyrrole nitrogens is 1. The average molecular weight is 402 g/mol. The number of nitrogens with zero attached hydrogens (tertiary/aromatic N) is 1. The quantitative estimate of drug-likeness (QED) is 0.618. The molecule has 0 aliphatic rings. The van der Waals surface area contributed by atoms with E-state index in [1.165, 1.54) is 26.0 Å². The van der Waals surface area contributed by atoms with Crippen molar-refractivity contribution in [2.24, 2.45) is 0 Å². The van der Waals surface area contributed by atoms with Gasteiger partial charge in [0.1, 0.15) is 6.61 Å². The Morgan fingerprint density at radius 3 is 2.43 bits per heavy atom. The SMILES string of the molecule is Cc1cc2cc(N(OCC(C)(C)O)S(=O)(=O)c3ccccc3)ccc2[nH]c1=O. The number of anilines is 1. The van der Waals surface area contributed by atoms with Crippen LogP contribution in [-0.4, -0.2) is 30.7 Å². The summed E-state index contributed by atoms with van der Waals surface area (Å²) in [7, 11) is -4.04. The summed E-state index contributed by atoms with van der Waals surface area (Å²) in [4.78, 5) is 20.1. The van der Waals surface area contributed by atoms with Crippen molar-refractivity contribution in [1.29, 1.82) is 0 Å². The van der Waals surface area contributed by atoms with Crippen LogP contribution in [0.3, 0.4) is 0 Å². The van der Waals surface area contributed by atoms with E-state index in [0.717, 1.165) is 4.47 Å². The zero-order valence-corrected chi connectivity index (χ0v) is 16.7. The van der Waals surface area contributed by atoms with Gasteiger partial charge in [-0.25, -0.2) is 0 Å². The van der Waals surface area contributed by atoms with E-state index < -0.39 is 15.6 Å². The number of aromatic amines is 1. The number of fused-ring (bicyclic) bond motifs is 1. The maximum Gasteiger partial charge on any atom is 0.286 e. The van der Waals surface area contributed by atoms with Gasteiger partial charge in [-0.1, -0.05) is 18.2 Å². The Hall–Kier alpha value is -2.68. The first kappa shape index (κ1) is 20.1. The van der Waals surface area contributed by atoms with Crippen molar-refractivity contribution in [2.75, 3.05) is 11.1 Å². The van der Waals surface area contributed by atoms with E-state index in [1.807, 2.05) is 0 Å². The molecule has 0 aliphatic heterocycles. The Morgan fingerprint density at radius 1 is 1.11 bits per heavy atom. The number of aliphatic hydroxyl groups is 1. The summed E-state index contributed by atoms with van der Waals surface area (Å²) in [6.45, 7) is 4.49. The zero-order chi connectivity index (χ0) is 20.5. The fourth-order valence-corrected chi connectivity index (χ4v) is 3.88. The summed E-state index contributed by atoms with van der Waals surface area (Å²) in [5.41, 5.74) is -0.0823. The number of hydrogen-bond acceptors (Lipinski definition) is 5. The summed E-state index contributed by atoms with van der Waals surface area (Å²) < 4.78 is 27.1. The molecule has 0 bridgehead atoms. The molecule has 0 amide bonds. The minimum absolute atomic E-state index is 0.0588. The van der Waals surface area contributed by atoms with Crippen LogP contribution in [0.4, 0.5) is 5.69 Å². The van der Waals surface area contributed by atoms with Crippen molar-refractivity contribution in [2.45, 2.75) is 31.3 Å². The first-order chi connectivity index (χ1) is 13.1. The normalized spacial score (nSPS) is 12.3. The highest BCUT2D eigenvalue weighted by Gasteiger charge is 2.28. The number of hydrogen-bond donors (Lipinski definition) is 2. The van der Waals surface area contributed by atoms with E-state index >= 15 is 0 Å². The third kappa shape index (κ3) is 4.24. The van der Waals surface area contributed by atoms with Gasteiger partial charge in [-0.15, -0.1) is 4.47 Å². The van der Waals surface area contributed by atoms with Gasteiger partial charge < -0.3 is 10.1 Å². The molecule has 1 aromatic heterocycles. The van der Waals surface area contributed by atoms with Crippen molar-refractivity contribution in [1.82, 2.24) is 4.98 Å². The summed E-state index contributed by atoms with van der Waals surface area (Å²) >= 11 is 0. The van der Waals surface area contributed by atoms with E-state index in [2.05, 4.69) is 4.98 Å². The van der Waals surface area contributed by atoms with Gasteiger partial charge in [0.05, 0.1) is 16.2 Å². The largest absolute Gasteiger partial charge is 0.388 e. The molecular formula is C20H22N2O5S. The monoisotopic (exact) mass is 402 g/mol. The van der Waals surface area contributed by atoms with Gasteiger partial charge in [0.25, 0.3) is 15.6 Å². The molecule has 7 nitrogen and oxygen atoms in total. The van der Waals surface area contributed by atoms with E-state index in [4.69, 9.17) is 4.84 Å². The number of aryl methyl sites for hydroxylation is 1. The molecule has 0 radical (unpaired) electrons. The van der Waals surface area contributed by atoms with Crippen molar-refractivity contribution in [3.8, 4) is 0 Å². The maximum absolute atomic E-state index is 13.2. The highest BCUT2D eigenvalue weighted by atomic mass is 32.2. The highest BCUT2D eigenvalue weighted by Crippen LogP contribution is 2.27. The van der Waals surface area contributed by atoms with Crippen molar-refractivity contribution in [3.63, 3.8) is 0 Å². The molecule has 0 saturated carbocycles. The van der Waals surface area contributed by atoms with E-state index in [-0.39, 0.29) is 22.7 Å². The predicted octanol–water partition coefficient (Wildman–Crippen LogP) is 2.73. The molecule has 8 heteroatoms.